The predicted molar refractivity (Wildman–Crippen MR) is 102 cm³/mol. The van der Waals surface area contributed by atoms with Gasteiger partial charge in [0.15, 0.2) is 0 Å². The van der Waals surface area contributed by atoms with Crippen LogP contribution in [0.2, 0.25) is 0 Å². The summed E-state index contributed by atoms with van der Waals surface area (Å²) in [7, 11) is 0. The molecule has 6 heteroatoms. The van der Waals surface area contributed by atoms with E-state index in [1.54, 1.807) is 11.3 Å². The van der Waals surface area contributed by atoms with Gasteiger partial charge in [0, 0.05) is 18.2 Å². The lowest BCUT2D eigenvalue weighted by Crippen LogP contribution is -2.37. The molecular weight excluding hydrogens is 334 g/mol. The number of nitrogens with zero attached hydrogens (tertiary/aromatic N) is 2. The third-order valence-electron chi connectivity index (χ3n) is 4.30. The first kappa shape index (κ1) is 18.0. The molecule has 5 nitrogen and oxygen atoms in total. The number of hydrogen-bond donors (Lipinski definition) is 2. The smallest absolute Gasteiger partial charge is 0.140 e. The summed E-state index contributed by atoms with van der Waals surface area (Å²) in [6.45, 7) is 4.94. The van der Waals surface area contributed by atoms with E-state index in [-0.39, 0.29) is 6.61 Å². The molecule has 1 aromatic heterocycles. The highest BCUT2D eigenvalue weighted by Crippen LogP contribution is 2.32. The van der Waals surface area contributed by atoms with Crippen molar-refractivity contribution in [3.8, 4) is 5.75 Å². The lowest BCUT2D eigenvalue weighted by atomic mass is 10.2. The fraction of sp³-hybridized carbons (Fsp3) is 0.474. The minimum absolute atomic E-state index is 0.271. The van der Waals surface area contributed by atoms with Gasteiger partial charge < -0.3 is 15.2 Å². The lowest BCUT2D eigenvalue weighted by molar-refractivity contribution is 0.103. The molecule has 0 radical (unpaired) electrons. The molecule has 1 aliphatic carbocycles. The molecule has 0 saturated heterocycles. The average molecular weight is 359 g/mol. The van der Waals surface area contributed by atoms with Crippen molar-refractivity contribution >= 4 is 23.5 Å². The first-order valence-corrected chi connectivity index (χ1v) is 9.55. The van der Waals surface area contributed by atoms with Crippen LogP contribution in [0.1, 0.15) is 35.3 Å². The van der Waals surface area contributed by atoms with Crippen molar-refractivity contribution in [2.24, 2.45) is 5.92 Å². The maximum Gasteiger partial charge on any atom is 0.140 e. The van der Waals surface area contributed by atoms with Crippen LogP contribution in [0.4, 0.5) is 0 Å². The average Bonchev–Trinajstić information content (AvgIpc) is 3.39. The van der Waals surface area contributed by atoms with Gasteiger partial charge in [-0.1, -0.05) is 29.5 Å². The Hall–Kier alpha value is -1.76. The van der Waals surface area contributed by atoms with Crippen LogP contribution in [0.3, 0.4) is 0 Å². The molecule has 0 bridgehead atoms. The van der Waals surface area contributed by atoms with Crippen molar-refractivity contribution in [2.45, 2.75) is 38.8 Å². The monoisotopic (exact) mass is 359 g/mol. The largest absolute Gasteiger partial charge is 0.490 e. The van der Waals surface area contributed by atoms with Crippen LogP contribution in [-0.2, 0) is 0 Å². The molecule has 1 aromatic carbocycles. The number of aryl methyl sites for hydroxylation is 1. The van der Waals surface area contributed by atoms with Gasteiger partial charge in [-0.2, -0.15) is 0 Å². The van der Waals surface area contributed by atoms with Gasteiger partial charge in [-0.05, 0) is 50.8 Å². The fourth-order valence-corrected chi connectivity index (χ4v) is 3.22. The van der Waals surface area contributed by atoms with Crippen LogP contribution in [0.15, 0.2) is 24.3 Å². The van der Waals surface area contributed by atoms with E-state index in [0.717, 1.165) is 27.2 Å². The van der Waals surface area contributed by atoms with Gasteiger partial charge in [0.2, 0.25) is 0 Å². The number of aromatic nitrogens is 2. The van der Waals surface area contributed by atoms with Crippen molar-refractivity contribution in [3.63, 3.8) is 0 Å². The SMILES string of the molecule is Cc1nnc(/C=C/c2ccccc2OCC(O)CNC(C)C2CC2)s1. The highest BCUT2D eigenvalue weighted by molar-refractivity contribution is 7.12. The molecule has 2 atom stereocenters. The third kappa shape index (κ3) is 5.63. The van der Waals surface area contributed by atoms with E-state index in [1.165, 1.54) is 12.8 Å². The standard InChI is InChI=1S/C19H25N3O2S/c1-13(15-7-8-15)20-11-17(23)12-24-18-6-4-3-5-16(18)9-10-19-22-21-14(2)25-19/h3-6,9-10,13,15,17,20,23H,7-8,11-12H2,1-2H3/b10-9+. The molecule has 134 valence electrons. The van der Waals surface area contributed by atoms with Gasteiger partial charge in [-0.3, -0.25) is 0 Å². The predicted octanol–water partition coefficient (Wildman–Crippen LogP) is 3.14. The highest BCUT2D eigenvalue weighted by Gasteiger charge is 2.27. The van der Waals surface area contributed by atoms with Gasteiger partial charge in [-0.15, -0.1) is 10.2 Å². The molecule has 3 rings (SSSR count). The summed E-state index contributed by atoms with van der Waals surface area (Å²) in [5, 5.41) is 23.4. The molecular formula is C19H25N3O2S. The molecule has 1 aliphatic rings. The highest BCUT2D eigenvalue weighted by atomic mass is 32.1. The van der Waals surface area contributed by atoms with E-state index in [4.69, 9.17) is 4.74 Å². The topological polar surface area (TPSA) is 67.3 Å². The molecule has 0 amide bonds. The van der Waals surface area contributed by atoms with E-state index in [0.29, 0.717) is 12.6 Å². The molecule has 1 heterocycles. The Balaban J connectivity index is 1.52. The van der Waals surface area contributed by atoms with Gasteiger partial charge >= 0.3 is 0 Å². The number of nitrogens with one attached hydrogen (secondary N) is 1. The summed E-state index contributed by atoms with van der Waals surface area (Å²) in [6, 6.07) is 8.27. The summed E-state index contributed by atoms with van der Waals surface area (Å²) in [4.78, 5) is 0. The van der Waals surface area contributed by atoms with Gasteiger partial charge in [-0.25, -0.2) is 0 Å². The zero-order valence-corrected chi connectivity index (χ0v) is 15.5. The van der Waals surface area contributed by atoms with Crippen LogP contribution < -0.4 is 10.1 Å². The van der Waals surface area contributed by atoms with Crippen molar-refractivity contribution in [1.82, 2.24) is 15.5 Å². The fourth-order valence-electron chi connectivity index (χ4n) is 2.62. The van der Waals surface area contributed by atoms with E-state index < -0.39 is 6.10 Å². The molecule has 0 spiro atoms. The molecule has 1 saturated carbocycles. The summed E-state index contributed by atoms with van der Waals surface area (Å²) in [6.07, 6.45) is 5.98. The Morgan fingerprint density at radius 1 is 1.32 bits per heavy atom. The second-order valence-corrected chi connectivity index (χ2v) is 7.74. The summed E-state index contributed by atoms with van der Waals surface area (Å²) in [5.74, 6) is 1.54. The first-order valence-electron chi connectivity index (χ1n) is 8.73. The summed E-state index contributed by atoms with van der Waals surface area (Å²) >= 11 is 1.55. The van der Waals surface area contributed by atoms with E-state index in [9.17, 15) is 5.11 Å². The van der Waals surface area contributed by atoms with Crippen LogP contribution in [-0.4, -0.2) is 40.6 Å². The number of aliphatic hydroxyl groups excluding tert-OH is 1. The molecule has 25 heavy (non-hydrogen) atoms. The zero-order valence-electron chi connectivity index (χ0n) is 14.7. The van der Waals surface area contributed by atoms with Crippen LogP contribution in [0.25, 0.3) is 12.2 Å². The van der Waals surface area contributed by atoms with Crippen LogP contribution in [0.5, 0.6) is 5.75 Å². The number of para-hydroxylation sites is 1. The molecule has 2 unspecified atom stereocenters. The van der Waals surface area contributed by atoms with Crippen molar-refractivity contribution in [1.29, 1.82) is 0 Å². The van der Waals surface area contributed by atoms with Crippen molar-refractivity contribution in [3.05, 3.63) is 39.8 Å². The van der Waals surface area contributed by atoms with E-state index in [1.807, 2.05) is 43.3 Å². The molecule has 1 fully saturated rings. The lowest BCUT2D eigenvalue weighted by Gasteiger charge is -2.17. The maximum absolute atomic E-state index is 10.1. The maximum atomic E-state index is 10.1. The van der Waals surface area contributed by atoms with Gasteiger partial charge in [0.05, 0.1) is 0 Å². The number of aliphatic hydroxyl groups is 1. The number of rotatable bonds is 9. The van der Waals surface area contributed by atoms with Crippen molar-refractivity contribution < 1.29 is 9.84 Å². The summed E-state index contributed by atoms with van der Waals surface area (Å²) in [5.41, 5.74) is 0.960. The minimum Gasteiger partial charge on any atom is -0.490 e. The Morgan fingerprint density at radius 2 is 2.12 bits per heavy atom. The normalized spacial score (nSPS) is 16.9. The summed E-state index contributed by atoms with van der Waals surface area (Å²) < 4.78 is 5.83. The second-order valence-electron chi connectivity index (χ2n) is 6.53. The Kier molecular flexibility index (Phi) is 6.18. The van der Waals surface area contributed by atoms with E-state index in [2.05, 4.69) is 22.4 Å². The van der Waals surface area contributed by atoms with Crippen molar-refractivity contribution in [2.75, 3.05) is 13.2 Å². The zero-order chi connectivity index (χ0) is 17.6. The second kappa shape index (κ2) is 8.56. The number of ether oxygens (including phenoxy) is 1. The van der Waals surface area contributed by atoms with E-state index >= 15 is 0 Å². The van der Waals surface area contributed by atoms with Crippen LogP contribution >= 0.6 is 11.3 Å². The minimum atomic E-state index is -0.524. The Bertz CT molecular complexity index is 712. The van der Waals surface area contributed by atoms with Crippen LogP contribution in [0, 0.1) is 12.8 Å². The molecule has 2 N–H and O–H groups in total. The first-order chi connectivity index (χ1) is 12.1. The van der Waals surface area contributed by atoms with Gasteiger partial charge in [0.1, 0.15) is 28.5 Å². The van der Waals surface area contributed by atoms with Gasteiger partial charge in [0.25, 0.3) is 0 Å². The number of benzene rings is 1. The quantitative estimate of drug-likeness (QED) is 0.720. The molecule has 2 aromatic rings. The Labute approximate surface area is 152 Å². The third-order valence-corrected chi connectivity index (χ3v) is 5.11. The molecule has 0 aliphatic heterocycles. The Morgan fingerprint density at radius 3 is 2.84 bits per heavy atom. The number of hydrogen-bond acceptors (Lipinski definition) is 6.